The molecule has 2 aliphatic carbocycles. The normalized spacial score (nSPS) is 22.7. The van der Waals surface area contributed by atoms with Crippen molar-refractivity contribution >= 4 is 23.4 Å². The van der Waals surface area contributed by atoms with Gasteiger partial charge < -0.3 is 14.8 Å². The molecular formula is C23H33ClN2O2. The molecule has 2 fully saturated rings. The summed E-state index contributed by atoms with van der Waals surface area (Å²) in [5.41, 5.74) is 3.36. The predicted octanol–water partition coefficient (Wildman–Crippen LogP) is 5.30. The minimum absolute atomic E-state index is 0.245. The van der Waals surface area contributed by atoms with E-state index in [0.29, 0.717) is 12.6 Å². The van der Waals surface area contributed by atoms with Gasteiger partial charge in [-0.2, -0.15) is 0 Å². The quantitative estimate of drug-likeness (QED) is 0.627. The summed E-state index contributed by atoms with van der Waals surface area (Å²) < 4.78 is 0. The summed E-state index contributed by atoms with van der Waals surface area (Å²) in [6, 6.07) is 8.45. The van der Waals surface area contributed by atoms with E-state index in [4.69, 9.17) is 16.4 Å². The maximum atomic E-state index is 10.3. The number of hydrogen-bond donors (Lipinski definition) is 1. The summed E-state index contributed by atoms with van der Waals surface area (Å²) in [6.45, 7) is 0.887. The van der Waals surface area contributed by atoms with Crippen molar-refractivity contribution in [3.63, 3.8) is 0 Å². The number of oxime groups is 1. The van der Waals surface area contributed by atoms with Crippen molar-refractivity contribution in [3.8, 4) is 0 Å². The largest absolute Gasteiger partial charge is 0.393 e. The molecule has 5 heteroatoms. The lowest BCUT2D eigenvalue weighted by Gasteiger charge is -2.32. The highest BCUT2D eigenvalue weighted by molar-refractivity contribution is 6.30. The zero-order chi connectivity index (χ0) is 19.8. The third-order valence-corrected chi connectivity index (χ3v) is 6.08. The molecule has 0 unspecified atom stereocenters. The molecule has 0 aromatic heterocycles. The first-order valence-electron chi connectivity index (χ1n) is 10.7. The summed E-state index contributed by atoms with van der Waals surface area (Å²) in [5.74, 6) is 0. The maximum Gasteiger partial charge on any atom is 0.144 e. The van der Waals surface area contributed by atoms with E-state index in [1.165, 1.54) is 44.1 Å². The van der Waals surface area contributed by atoms with Gasteiger partial charge in [-0.25, -0.2) is 0 Å². The van der Waals surface area contributed by atoms with Crippen LogP contribution < -0.4 is 0 Å². The summed E-state index contributed by atoms with van der Waals surface area (Å²) >= 11 is 5.98. The number of aliphatic hydroxyl groups excluding tert-OH is 1. The summed E-state index contributed by atoms with van der Waals surface area (Å²) in [7, 11) is 2.11. The van der Waals surface area contributed by atoms with E-state index in [1.807, 2.05) is 24.3 Å². The molecule has 0 bridgehead atoms. The second-order valence-corrected chi connectivity index (χ2v) is 8.58. The highest BCUT2D eigenvalue weighted by Gasteiger charge is 2.20. The Morgan fingerprint density at radius 1 is 1.14 bits per heavy atom. The van der Waals surface area contributed by atoms with Gasteiger partial charge in [0.05, 0.1) is 5.71 Å². The smallest absolute Gasteiger partial charge is 0.144 e. The Balaban J connectivity index is 1.51. The summed E-state index contributed by atoms with van der Waals surface area (Å²) in [6.07, 6.45) is 12.3. The van der Waals surface area contributed by atoms with Crippen molar-refractivity contribution in [3.05, 3.63) is 40.4 Å². The molecule has 0 heterocycles. The number of benzene rings is 1. The van der Waals surface area contributed by atoms with Crippen molar-refractivity contribution in [2.24, 2.45) is 5.16 Å². The standard InChI is InChI=1S/C23H33ClN2O2/c1-26(21-8-3-2-4-9-21)16-22(27)17-28-25-23-10-6-5-7-19(23)15-18-11-13-20(24)14-12-18/h11-15,21-22,27H,2-10,16-17H2,1H3/b19-15+,25-23+/t22-/m0/s1. The van der Waals surface area contributed by atoms with Crippen LogP contribution in [0.2, 0.25) is 5.02 Å². The fraction of sp³-hybridized carbons (Fsp3) is 0.609. The van der Waals surface area contributed by atoms with E-state index in [9.17, 15) is 5.11 Å². The third kappa shape index (κ3) is 6.61. The molecule has 2 aliphatic rings. The molecule has 4 nitrogen and oxygen atoms in total. The zero-order valence-corrected chi connectivity index (χ0v) is 17.7. The van der Waals surface area contributed by atoms with Crippen LogP contribution >= 0.6 is 11.6 Å². The van der Waals surface area contributed by atoms with Gasteiger partial charge in [0.25, 0.3) is 0 Å². The highest BCUT2D eigenvalue weighted by Crippen LogP contribution is 2.24. The van der Waals surface area contributed by atoms with Gasteiger partial charge in [-0.1, -0.05) is 48.2 Å². The van der Waals surface area contributed by atoms with Gasteiger partial charge in [-0.3, -0.25) is 0 Å². The molecule has 3 rings (SSSR count). The van der Waals surface area contributed by atoms with Crippen LogP contribution in [0.3, 0.4) is 0 Å². The monoisotopic (exact) mass is 404 g/mol. The first-order chi connectivity index (χ1) is 13.6. The van der Waals surface area contributed by atoms with Crippen LogP contribution in [0.25, 0.3) is 6.08 Å². The Morgan fingerprint density at radius 2 is 1.86 bits per heavy atom. The molecule has 0 aliphatic heterocycles. The van der Waals surface area contributed by atoms with Gasteiger partial charge in [0.1, 0.15) is 12.7 Å². The first-order valence-corrected chi connectivity index (χ1v) is 11.0. The zero-order valence-electron chi connectivity index (χ0n) is 16.9. The van der Waals surface area contributed by atoms with E-state index in [-0.39, 0.29) is 6.61 Å². The van der Waals surface area contributed by atoms with Crippen LogP contribution in [0.4, 0.5) is 0 Å². The fourth-order valence-electron chi connectivity index (χ4n) is 4.19. The third-order valence-electron chi connectivity index (χ3n) is 5.83. The second-order valence-electron chi connectivity index (χ2n) is 8.15. The van der Waals surface area contributed by atoms with Crippen molar-refractivity contribution < 1.29 is 9.94 Å². The lowest BCUT2D eigenvalue weighted by Crippen LogP contribution is -2.40. The Labute approximate surface area is 174 Å². The van der Waals surface area contributed by atoms with Crippen LogP contribution in [0, 0.1) is 0 Å². The van der Waals surface area contributed by atoms with E-state index in [0.717, 1.165) is 35.6 Å². The number of aliphatic hydroxyl groups is 1. The van der Waals surface area contributed by atoms with E-state index < -0.39 is 6.10 Å². The average Bonchev–Trinajstić information content (AvgIpc) is 2.71. The topological polar surface area (TPSA) is 45.1 Å². The van der Waals surface area contributed by atoms with Crippen LogP contribution in [0.15, 0.2) is 35.0 Å². The Hall–Kier alpha value is -1.36. The number of halogens is 1. The molecule has 1 aromatic carbocycles. The molecule has 0 saturated heterocycles. The summed E-state index contributed by atoms with van der Waals surface area (Å²) in [4.78, 5) is 7.84. The van der Waals surface area contributed by atoms with Gasteiger partial charge >= 0.3 is 0 Å². The number of hydrogen-bond acceptors (Lipinski definition) is 4. The number of allylic oxidation sites excluding steroid dienone is 1. The van der Waals surface area contributed by atoms with Crippen LogP contribution in [0.1, 0.15) is 63.4 Å². The van der Waals surface area contributed by atoms with Gasteiger partial charge in [0.2, 0.25) is 0 Å². The lowest BCUT2D eigenvalue weighted by molar-refractivity contribution is 0.0130. The summed E-state index contributed by atoms with van der Waals surface area (Å²) in [5, 5.41) is 15.5. The highest BCUT2D eigenvalue weighted by atomic mass is 35.5. The second kappa shape index (κ2) is 11.0. The molecule has 1 atom stereocenters. The van der Waals surface area contributed by atoms with Crippen molar-refractivity contribution in [1.29, 1.82) is 0 Å². The number of rotatable bonds is 7. The van der Waals surface area contributed by atoms with Crippen LogP contribution in [-0.4, -0.2) is 48.1 Å². The molecule has 154 valence electrons. The Bertz CT molecular complexity index is 666. The molecule has 0 radical (unpaired) electrons. The maximum absolute atomic E-state index is 10.3. The minimum atomic E-state index is -0.511. The fourth-order valence-corrected chi connectivity index (χ4v) is 4.32. The minimum Gasteiger partial charge on any atom is -0.393 e. The molecule has 0 amide bonds. The Kier molecular flexibility index (Phi) is 8.38. The van der Waals surface area contributed by atoms with Crippen molar-refractivity contribution in [2.75, 3.05) is 20.2 Å². The Morgan fingerprint density at radius 3 is 2.61 bits per heavy atom. The number of nitrogens with zero attached hydrogens (tertiary/aromatic N) is 2. The van der Waals surface area contributed by atoms with E-state index >= 15 is 0 Å². The van der Waals surface area contributed by atoms with Crippen molar-refractivity contribution in [1.82, 2.24) is 4.90 Å². The van der Waals surface area contributed by atoms with Gasteiger partial charge in [0, 0.05) is 17.6 Å². The van der Waals surface area contributed by atoms with Gasteiger partial charge in [-0.05, 0) is 74.9 Å². The van der Waals surface area contributed by atoms with Gasteiger partial charge in [-0.15, -0.1) is 0 Å². The first kappa shape index (κ1) is 21.4. The van der Waals surface area contributed by atoms with E-state index in [1.54, 1.807) is 0 Å². The predicted molar refractivity (Wildman–Crippen MR) is 117 cm³/mol. The lowest BCUT2D eigenvalue weighted by atomic mass is 9.91. The molecule has 1 aromatic rings. The number of likely N-dealkylation sites (N-methyl/N-ethyl adjacent to an activating group) is 1. The van der Waals surface area contributed by atoms with Gasteiger partial charge in [0.15, 0.2) is 0 Å². The van der Waals surface area contributed by atoms with E-state index in [2.05, 4.69) is 23.2 Å². The SMILES string of the molecule is CN(C[C@H](O)CO/N=C1\CCCC\C1=C/c1ccc(Cl)cc1)C1CCCCC1. The molecular weight excluding hydrogens is 372 g/mol. The molecule has 28 heavy (non-hydrogen) atoms. The van der Waals surface area contributed by atoms with Crippen molar-refractivity contribution in [2.45, 2.75) is 69.9 Å². The van der Waals surface area contributed by atoms with Crippen LogP contribution in [0.5, 0.6) is 0 Å². The molecule has 2 saturated carbocycles. The molecule has 1 N–H and O–H groups in total. The molecule has 0 spiro atoms. The average molecular weight is 405 g/mol. The van der Waals surface area contributed by atoms with Crippen LogP contribution in [-0.2, 0) is 4.84 Å².